The van der Waals surface area contributed by atoms with Crippen LogP contribution in [0.2, 0.25) is 0 Å². The molecular formula is C24H31IN4O5. The molecule has 9 nitrogen and oxygen atoms in total. The second kappa shape index (κ2) is 11.1. The number of nitro groups is 1. The van der Waals surface area contributed by atoms with E-state index < -0.39 is 16.8 Å². The van der Waals surface area contributed by atoms with Crippen molar-refractivity contribution in [3.63, 3.8) is 0 Å². The van der Waals surface area contributed by atoms with Crippen LogP contribution >= 0.6 is 0 Å². The second-order valence-corrected chi connectivity index (χ2v) is 9.34. The van der Waals surface area contributed by atoms with Crippen LogP contribution in [0, 0.1) is 10.1 Å². The van der Waals surface area contributed by atoms with E-state index in [1.165, 1.54) is 12.1 Å². The highest BCUT2D eigenvalue weighted by molar-refractivity contribution is 5.95. The van der Waals surface area contributed by atoms with Crippen molar-refractivity contribution in [1.82, 2.24) is 4.98 Å². The summed E-state index contributed by atoms with van der Waals surface area (Å²) >= 11 is 0. The highest BCUT2D eigenvalue weighted by Gasteiger charge is 2.37. The van der Waals surface area contributed by atoms with Gasteiger partial charge in [0.05, 0.1) is 43.7 Å². The molecule has 1 atom stereocenters. The Kier molecular flexibility index (Phi) is 9.01. The molecule has 0 spiro atoms. The summed E-state index contributed by atoms with van der Waals surface area (Å²) in [4.78, 5) is 28.7. The number of benzene rings is 1. The number of fused-ring (bicyclic) bond motifs is 1. The number of halogens is 1. The molecule has 1 aliphatic rings. The lowest BCUT2D eigenvalue weighted by molar-refractivity contribution is -0.870. The number of esters is 1. The van der Waals surface area contributed by atoms with Crippen molar-refractivity contribution >= 4 is 17.3 Å². The average molecular weight is 582 g/mol. The average Bonchev–Trinajstić information content (AvgIpc) is 2.71. The Hall–Kier alpha value is -2.73. The van der Waals surface area contributed by atoms with E-state index in [0.717, 1.165) is 5.69 Å². The first-order valence-corrected chi connectivity index (χ1v) is 10.8. The molecule has 0 saturated carbocycles. The van der Waals surface area contributed by atoms with Gasteiger partial charge in [-0.3, -0.25) is 10.1 Å². The number of allylic oxidation sites excluding steroid dienone is 1. The molecule has 2 aromatic rings. The molecule has 0 radical (unpaired) electrons. The molecule has 1 N–H and O–H groups in total. The minimum absolute atomic E-state index is 0. The standard InChI is InChI=1S/C24H30N4O5.HI/c1-15(2)33-23-22-19(10-11-25-23)26-16(3)20(24(29)32-13-12-28(4,5)6)21(22)17-8-7-9-18(14-17)27(30)31;/h7-11,14-15,21H,12-13H2,1-6H3;1H. The lowest BCUT2D eigenvalue weighted by Crippen LogP contribution is -3.00. The predicted octanol–water partition coefficient (Wildman–Crippen LogP) is 0.862. The molecular weight excluding hydrogens is 551 g/mol. The third-order valence-electron chi connectivity index (χ3n) is 5.23. The number of nitrogens with zero attached hydrogens (tertiary/aromatic N) is 3. The summed E-state index contributed by atoms with van der Waals surface area (Å²) in [6.07, 6.45) is 1.48. The molecule has 0 fully saturated rings. The van der Waals surface area contributed by atoms with E-state index in [1.807, 2.05) is 35.0 Å². The molecule has 1 aromatic carbocycles. The summed E-state index contributed by atoms with van der Waals surface area (Å²) in [5.41, 5.74) is 2.92. The number of carbonyl (C=O) groups excluding carboxylic acids is 1. The Balaban J connectivity index is 0.00000408. The highest BCUT2D eigenvalue weighted by atomic mass is 127. The number of nitrogens with one attached hydrogen (secondary N) is 1. The maximum absolute atomic E-state index is 13.3. The summed E-state index contributed by atoms with van der Waals surface area (Å²) in [6, 6.07) is 8.10. The molecule has 1 aromatic heterocycles. The number of pyridine rings is 1. The van der Waals surface area contributed by atoms with E-state index in [2.05, 4.69) is 10.3 Å². The largest absolute Gasteiger partial charge is 1.00 e. The third kappa shape index (κ3) is 6.44. The number of quaternary nitrogens is 1. The van der Waals surface area contributed by atoms with Crippen LogP contribution < -0.4 is 34.0 Å². The van der Waals surface area contributed by atoms with E-state index in [1.54, 1.807) is 31.3 Å². The van der Waals surface area contributed by atoms with E-state index in [9.17, 15) is 14.9 Å². The maximum atomic E-state index is 13.3. The fourth-order valence-corrected chi connectivity index (χ4v) is 3.70. The van der Waals surface area contributed by atoms with Crippen LogP contribution in [0.5, 0.6) is 5.88 Å². The van der Waals surface area contributed by atoms with Crippen LogP contribution in [-0.2, 0) is 9.53 Å². The number of hydrogen-bond donors (Lipinski definition) is 1. The molecule has 0 saturated heterocycles. The molecule has 0 amide bonds. The van der Waals surface area contributed by atoms with Gasteiger partial charge in [-0.15, -0.1) is 0 Å². The van der Waals surface area contributed by atoms with Gasteiger partial charge in [0.2, 0.25) is 5.88 Å². The Morgan fingerprint density at radius 1 is 1.26 bits per heavy atom. The minimum atomic E-state index is -0.639. The molecule has 2 heterocycles. The molecule has 34 heavy (non-hydrogen) atoms. The van der Waals surface area contributed by atoms with Crippen LogP contribution in [0.1, 0.15) is 37.8 Å². The van der Waals surface area contributed by atoms with Crippen molar-refractivity contribution in [2.45, 2.75) is 32.8 Å². The molecule has 10 heteroatoms. The van der Waals surface area contributed by atoms with Crippen LogP contribution in [0.3, 0.4) is 0 Å². The lowest BCUT2D eigenvalue weighted by atomic mass is 9.81. The maximum Gasteiger partial charge on any atom is 0.336 e. The fraction of sp³-hybridized carbons (Fsp3) is 0.417. The molecule has 0 bridgehead atoms. The first-order chi connectivity index (χ1) is 15.5. The zero-order valence-corrected chi connectivity index (χ0v) is 22.5. The van der Waals surface area contributed by atoms with E-state index >= 15 is 0 Å². The van der Waals surface area contributed by atoms with Gasteiger partial charge in [-0.05, 0) is 32.4 Å². The van der Waals surface area contributed by atoms with E-state index in [-0.39, 0.29) is 42.4 Å². The number of ether oxygens (including phenoxy) is 2. The number of carbonyl (C=O) groups is 1. The number of rotatable bonds is 8. The normalized spacial score (nSPS) is 15.2. The van der Waals surface area contributed by atoms with Crippen LogP contribution in [0.4, 0.5) is 11.4 Å². The minimum Gasteiger partial charge on any atom is -1.00 e. The van der Waals surface area contributed by atoms with Crippen molar-refractivity contribution in [1.29, 1.82) is 0 Å². The van der Waals surface area contributed by atoms with Gasteiger partial charge in [0, 0.05) is 35.3 Å². The summed E-state index contributed by atoms with van der Waals surface area (Å²) in [7, 11) is 6.05. The van der Waals surface area contributed by atoms with Crippen LogP contribution in [0.25, 0.3) is 0 Å². The summed E-state index contributed by atoms with van der Waals surface area (Å²) < 4.78 is 12.3. The van der Waals surface area contributed by atoms with Gasteiger partial charge in [0.1, 0.15) is 13.2 Å². The lowest BCUT2D eigenvalue weighted by Gasteiger charge is -2.31. The Morgan fingerprint density at radius 3 is 2.59 bits per heavy atom. The van der Waals surface area contributed by atoms with Crippen molar-refractivity contribution in [2.75, 3.05) is 39.6 Å². The number of hydrogen-bond acceptors (Lipinski definition) is 7. The van der Waals surface area contributed by atoms with Gasteiger partial charge >= 0.3 is 5.97 Å². The van der Waals surface area contributed by atoms with Crippen molar-refractivity contribution in [3.05, 3.63) is 69.0 Å². The highest BCUT2D eigenvalue weighted by Crippen LogP contribution is 2.46. The fourth-order valence-electron chi connectivity index (χ4n) is 3.70. The first-order valence-electron chi connectivity index (χ1n) is 10.8. The van der Waals surface area contributed by atoms with Crippen molar-refractivity contribution in [2.24, 2.45) is 0 Å². The van der Waals surface area contributed by atoms with Gasteiger partial charge < -0.3 is 43.3 Å². The number of likely N-dealkylation sites (N-methyl/N-ethyl adjacent to an activating group) is 1. The molecule has 1 aliphatic heterocycles. The summed E-state index contributed by atoms with van der Waals surface area (Å²) in [6.45, 7) is 6.47. The van der Waals surface area contributed by atoms with Crippen LogP contribution in [0.15, 0.2) is 47.8 Å². The van der Waals surface area contributed by atoms with Crippen molar-refractivity contribution in [3.8, 4) is 5.88 Å². The number of anilines is 1. The predicted molar refractivity (Wildman–Crippen MR) is 125 cm³/mol. The number of non-ortho nitro benzene ring substituents is 1. The van der Waals surface area contributed by atoms with Crippen molar-refractivity contribution < 1.29 is 47.7 Å². The Bertz CT molecular complexity index is 1100. The van der Waals surface area contributed by atoms with Gasteiger partial charge in [-0.1, -0.05) is 12.1 Å². The van der Waals surface area contributed by atoms with Gasteiger partial charge in [-0.2, -0.15) is 0 Å². The van der Waals surface area contributed by atoms with Crippen LogP contribution in [-0.4, -0.2) is 60.8 Å². The summed E-state index contributed by atoms with van der Waals surface area (Å²) in [5, 5.41) is 14.7. The SMILES string of the molecule is CC1=C(C(=O)OCC[N+](C)(C)C)C(c2cccc([N+](=O)[O-])c2)c2c(ccnc2OC(C)C)N1.[I-]. The zero-order valence-electron chi connectivity index (χ0n) is 20.3. The molecule has 0 aliphatic carbocycles. The second-order valence-electron chi connectivity index (χ2n) is 9.34. The third-order valence-corrected chi connectivity index (χ3v) is 5.23. The van der Waals surface area contributed by atoms with E-state index in [0.29, 0.717) is 39.3 Å². The zero-order chi connectivity index (χ0) is 24.3. The van der Waals surface area contributed by atoms with Gasteiger partial charge in [0.15, 0.2) is 0 Å². The van der Waals surface area contributed by atoms with E-state index in [4.69, 9.17) is 9.47 Å². The molecule has 3 rings (SSSR count). The Labute approximate surface area is 216 Å². The quantitative estimate of drug-likeness (QED) is 0.162. The number of aromatic nitrogens is 1. The Morgan fingerprint density at radius 2 is 1.97 bits per heavy atom. The first kappa shape index (κ1) is 27.5. The van der Waals surface area contributed by atoms with Gasteiger partial charge in [-0.25, -0.2) is 9.78 Å². The molecule has 184 valence electrons. The smallest absolute Gasteiger partial charge is 0.336 e. The molecule has 1 unspecified atom stereocenters. The van der Waals surface area contributed by atoms with Gasteiger partial charge in [0.25, 0.3) is 5.69 Å². The monoisotopic (exact) mass is 582 g/mol. The topological polar surface area (TPSA) is 104 Å². The number of nitro benzene ring substituents is 1. The summed E-state index contributed by atoms with van der Waals surface area (Å²) in [5.74, 6) is -0.745.